The summed E-state index contributed by atoms with van der Waals surface area (Å²) in [5.41, 5.74) is 1.60. The molecule has 0 radical (unpaired) electrons. The molecule has 3 atom stereocenters. The predicted molar refractivity (Wildman–Crippen MR) is 86.9 cm³/mol. The molecule has 122 valence electrons. The van der Waals surface area contributed by atoms with Gasteiger partial charge in [0, 0.05) is 43.3 Å². The van der Waals surface area contributed by atoms with Crippen molar-refractivity contribution >= 4 is 0 Å². The summed E-state index contributed by atoms with van der Waals surface area (Å²) >= 11 is 0. The highest BCUT2D eigenvalue weighted by atomic mass is 16.5. The fourth-order valence-electron chi connectivity index (χ4n) is 5.13. The van der Waals surface area contributed by atoms with Crippen LogP contribution < -0.4 is 5.32 Å². The van der Waals surface area contributed by atoms with E-state index in [9.17, 15) is 0 Å². The van der Waals surface area contributed by atoms with E-state index in [-0.39, 0.29) is 0 Å². The van der Waals surface area contributed by atoms with Crippen LogP contribution >= 0.6 is 0 Å². The summed E-state index contributed by atoms with van der Waals surface area (Å²) in [6.07, 6.45) is 11.7. The maximum absolute atomic E-state index is 6.04. The van der Waals surface area contributed by atoms with Gasteiger partial charge in [0.05, 0.1) is 11.8 Å². The Kier molecular flexibility index (Phi) is 3.77. The summed E-state index contributed by atoms with van der Waals surface area (Å²) < 4.78 is 8.40. The van der Waals surface area contributed by atoms with Gasteiger partial charge in [-0.3, -0.25) is 0 Å². The molecule has 4 nitrogen and oxygen atoms in total. The molecule has 2 heterocycles. The molecule has 1 spiro atoms. The standard InChI is InChI=1S/C18H29N3O/c1-3-22-16-10-15(18(16)8-4-5-9-18)20-14-6-7-17-19-13(2)11-21(17)12-14/h11,14-16,20H,3-10,12H2,1-2H3/t14-,15+,16-/m1/s1. The molecule has 0 amide bonds. The Labute approximate surface area is 133 Å². The van der Waals surface area contributed by atoms with E-state index in [4.69, 9.17) is 4.74 Å². The van der Waals surface area contributed by atoms with Crippen LogP contribution in [-0.2, 0) is 17.7 Å². The van der Waals surface area contributed by atoms with Gasteiger partial charge in [-0.25, -0.2) is 4.98 Å². The van der Waals surface area contributed by atoms with Gasteiger partial charge in [-0.15, -0.1) is 0 Å². The minimum Gasteiger partial charge on any atom is -0.378 e. The SMILES string of the molecule is CCO[C@@H]1C[C@H](N[C@@H]2CCc3nc(C)cn3C2)C12CCCC2. The van der Waals surface area contributed by atoms with Gasteiger partial charge in [0.15, 0.2) is 0 Å². The van der Waals surface area contributed by atoms with Crippen molar-refractivity contribution in [3.05, 3.63) is 17.7 Å². The lowest BCUT2D eigenvalue weighted by Gasteiger charge is -2.55. The lowest BCUT2D eigenvalue weighted by atomic mass is 9.60. The Morgan fingerprint density at radius 3 is 3.00 bits per heavy atom. The first-order valence-corrected chi connectivity index (χ1v) is 9.11. The van der Waals surface area contributed by atoms with Gasteiger partial charge in [-0.05, 0) is 39.5 Å². The topological polar surface area (TPSA) is 39.1 Å². The van der Waals surface area contributed by atoms with Gasteiger partial charge in [0.2, 0.25) is 0 Å². The van der Waals surface area contributed by atoms with Crippen molar-refractivity contribution in [2.24, 2.45) is 5.41 Å². The molecule has 22 heavy (non-hydrogen) atoms. The lowest BCUT2D eigenvalue weighted by molar-refractivity contribution is -0.133. The second-order valence-corrected chi connectivity index (χ2v) is 7.53. The first-order valence-electron chi connectivity index (χ1n) is 9.11. The summed E-state index contributed by atoms with van der Waals surface area (Å²) in [5.74, 6) is 1.27. The largest absolute Gasteiger partial charge is 0.378 e. The van der Waals surface area contributed by atoms with Crippen molar-refractivity contribution in [1.29, 1.82) is 0 Å². The molecule has 4 rings (SSSR count). The van der Waals surface area contributed by atoms with Gasteiger partial charge in [0.1, 0.15) is 5.82 Å². The number of nitrogens with one attached hydrogen (secondary N) is 1. The molecule has 0 bridgehead atoms. The van der Waals surface area contributed by atoms with Crippen LogP contribution in [0, 0.1) is 12.3 Å². The Morgan fingerprint density at radius 2 is 2.23 bits per heavy atom. The van der Waals surface area contributed by atoms with Crippen LogP contribution in [0.2, 0.25) is 0 Å². The first kappa shape index (κ1) is 14.7. The summed E-state index contributed by atoms with van der Waals surface area (Å²) in [4.78, 5) is 4.62. The zero-order valence-corrected chi connectivity index (χ0v) is 14.0. The predicted octanol–water partition coefficient (Wildman–Crippen LogP) is 2.83. The highest BCUT2D eigenvalue weighted by Crippen LogP contribution is 2.55. The van der Waals surface area contributed by atoms with E-state index >= 15 is 0 Å². The Hall–Kier alpha value is -0.870. The molecule has 4 heteroatoms. The van der Waals surface area contributed by atoms with Gasteiger partial charge in [-0.2, -0.15) is 0 Å². The number of aryl methyl sites for hydroxylation is 2. The minimum absolute atomic E-state index is 0.446. The summed E-state index contributed by atoms with van der Waals surface area (Å²) in [6, 6.07) is 1.27. The van der Waals surface area contributed by atoms with E-state index in [1.165, 1.54) is 44.3 Å². The second kappa shape index (κ2) is 5.64. The lowest BCUT2D eigenvalue weighted by Crippen LogP contribution is -2.65. The van der Waals surface area contributed by atoms with Crippen LogP contribution in [0.3, 0.4) is 0 Å². The minimum atomic E-state index is 0.446. The molecule has 1 aromatic rings. The average molecular weight is 303 g/mol. The van der Waals surface area contributed by atoms with Gasteiger partial charge >= 0.3 is 0 Å². The first-order chi connectivity index (χ1) is 10.7. The van der Waals surface area contributed by atoms with Crippen molar-refractivity contribution in [2.45, 2.75) is 83.5 Å². The van der Waals surface area contributed by atoms with E-state index in [0.717, 1.165) is 25.3 Å². The quantitative estimate of drug-likeness (QED) is 0.929. The Balaban J connectivity index is 1.42. The van der Waals surface area contributed by atoms with Gasteiger partial charge in [0.25, 0.3) is 0 Å². The molecule has 3 aliphatic rings. The van der Waals surface area contributed by atoms with E-state index in [1.54, 1.807) is 0 Å². The molecular weight excluding hydrogens is 274 g/mol. The van der Waals surface area contributed by atoms with Crippen LogP contribution in [0.4, 0.5) is 0 Å². The monoisotopic (exact) mass is 303 g/mol. The number of hydrogen-bond acceptors (Lipinski definition) is 3. The molecule has 1 aliphatic heterocycles. The number of rotatable bonds is 4. The third kappa shape index (κ3) is 2.31. The smallest absolute Gasteiger partial charge is 0.109 e. The molecular formula is C18H29N3O. The van der Waals surface area contributed by atoms with E-state index in [0.29, 0.717) is 23.6 Å². The second-order valence-electron chi connectivity index (χ2n) is 7.53. The van der Waals surface area contributed by atoms with Crippen LogP contribution in [0.25, 0.3) is 0 Å². The molecule has 2 saturated carbocycles. The fraction of sp³-hybridized carbons (Fsp3) is 0.833. The molecule has 1 N–H and O–H groups in total. The molecule has 0 unspecified atom stereocenters. The summed E-state index contributed by atoms with van der Waals surface area (Å²) in [7, 11) is 0. The molecule has 2 fully saturated rings. The van der Waals surface area contributed by atoms with E-state index in [2.05, 4.69) is 34.9 Å². The van der Waals surface area contributed by atoms with Crippen molar-refractivity contribution < 1.29 is 4.74 Å². The highest BCUT2D eigenvalue weighted by Gasteiger charge is 2.56. The molecule has 2 aliphatic carbocycles. The van der Waals surface area contributed by atoms with Crippen LogP contribution in [-0.4, -0.2) is 34.3 Å². The number of nitrogens with zero attached hydrogens (tertiary/aromatic N) is 2. The molecule has 0 saturated heterocycles. The highest BCUT2D eigenvalue weighted by molar-refractivity contribution is 5.12. The molecule has 1 aromatic heterocycles. The normalized spacial score (nSPS) is 32.9. The van der Waals surface area contributed by atoms with E-state index < -0.39 is 0 Å². The third-order valence-electron chi connectivity index (χ3n) is 6.24. The number of aromatic nitrogens is 2. The van der Waals surface area contributed by atoms with Crippen molar-refractivity contribution in [1.82, 2.24) is 14.9 Å². The maximum atomic E-state index is 6.04. The zero-order chi connectivity index (χ0) is 15.2. The number of hydrogen-bond donors (Lipinski definition) is 1. The van der Waals surface area contributed by atoms with Crippen molar-refractivity contribution in [3.8, 4) is 0 Å². The Bertz CT molecular complexity index is 532. The summed E-state index contributed by atoms with van der Waals surface area (Å²) in [6.45, 7) is 6.18. The number of imidazole rings is 1. The van der Waals surface area contributed by atoms with Gasteiger partial charge in [-0.1, -0.05) is 12.8 Å². The van der Waals surface area contributed by atoms with Crippen molar-refractivity contribution in [2.75, 3.05) is 6.61 Å². The van der Waals surface area contributed by atoms with Crippen LogP contribution in [0.5, 0.6) is 0 Å². The number of ether oxygens (including phenoxy) is 1. The van der Waals surface area contributed by atoms with E-state index in [1.807, 2.05) is 0 Å². The number of fused-ring (bicyclic) bond motifs is 1. The van der Waals surface area contributed by atoms with Crippen LogP contribution in [0.1, 0.15) is 57.0 Å². The maximum Gasteiger partial charge on any atom is 0.109 e. The third-order valence-corrected chi connectivity index (χ3v) is 6.24. The fourth-order valence-corrected chi connectivity index (χ4v) is 5.13. The van der Waals surface area contributed by atoms with Gasteiger partial charge < -0.3 is 14.6 Å². The average Bonchev–Trinajstić information content (AvgIpc) is 3.12. The van der Waals surface area contributed by atoms with Crippen molar-refractivity contribution in [3.63, 3.8) is 0 Å². The molecule has 0 aromatic carbocycles. The Morgan fingerprint density at radius 1 is 1.41 bits per heavy atom. The van der Waals surface area contributed by atoms with Crippen LogP contribution in [0.15, 0.2) is 6.20 Å². The zero-order valence-electron chi connectivity index (χ0n) is 14.0. The summed E-state index contributed by atoms with van der Waals surface area (Å²) in [5, 5.41) is 4.00.